The summed E-state index contributed by atoms with van der Waals surface area (Å²) in [7, 11) is -3.76. The van der Waals surface area contributed by atoms with Crippen LogP contribution in [0.1, 0.15) is 30.5 Å². The molecular weight excluding hydrogens is 377 g/mol. The van der Waals surface area contributed by atoms with Crippen LogP contribution >= 0.6 is 0 Å². The van der Waals surface area contributed by atoms with Crippen LogP contribution < -0.4 is 20.5 Å². The van der Waals surface area contributed by atoms with E-state index in [2.05, 4.69) is 25.7 Å². The molecule has 1 aliphatic carbocycles. The van der Waals surface area contributed by atoms with E-state index in [4.69, 9.17) is 15.2 Å². The first-order chi connectivity index (χ1) is 12.7. The number of aromatic nitrogens is 2. The van der Waals surface area contributed by atoms with Crippen LogP contribution in [0, 0.1) is 18.2 Å². The number of rotatable bonds is 8. The Morgan fingerprint density at radius 3 is 2.78 bits per heavy atom. The van der Waals surface area contributed by atoms with Gasteiger partial charge < -0.3 is 10.6 Å². The standard InChI is InChI=1S/C15H20FN7O3S/c1-9-8-10(2-3-11(9)16)20-13(17)12-14(22-26-21-12)19-7-6-15(4-5-15)23-27(18,24)25/h2-3,8,23H,4-7H2,1H3,(H2,17,20)(H,19,22)(H2,18,24,25). The molecule has 0 radical (unpaired) electrons. The van der Waals surface area contributed by atoms with Crippen molar-refractivity contribution in [2.75, 3.05) is 17.2 Å². The molecule has 1 heterocycles. The van der Waals surface area contributed by atoms with E-state index >= 15 is 0 Å². The minimum Gasteiger partial charge on any atom is -0.365 e. The molecule has 0 saturated heterocycles. The number of anilines is 2. The molecule has 1 aromatic heterocycles. The van der Waals surface area contributed by atoms with Crippen molar-refractivity contribution in [2.45, 2.75) is 31.7 Å². The summed E-state index contributed by atoms with van der Waals surface area (Å²) in [6.45, 7) is 2.00. The number of nitrogens with two attached hydrogens (primary N) is 1. The maximum atomic E-state index is 13.3. The Bertz CT molecular complexity index is 956. The molecule has 0 atom stereocenters. The highest BCUT2D eigenvalue weighted by molar-refractivity contribution is 7.87. The third kappa shape index (κ3) is 4.99. The maximum Gasteiger partial charge on any atom is 0.274 e. The van der Waals surface area contributed by atoms with Gasteiger partial charge in [-0.25, -0.2) is 14.2 Å². The second-order valence-corrected chi connectivity index (χ2v) is 7.82. The van der Waals surface area contributed by atoms with Gasteiger partial charge in [0.25, 0.3) is 10.2 Å². The van der Waals surface area contributed by atoms with Gasteiger partial charge in [-0.15, -0.1) is 0 Å². The summed E-state index contributed by atoms with van der Waals surface area (Å²) in [4.78, 5) is 0. The molecule has 146 valence electrons. The number of benzene rings is 1. The van der Waals surface area contributed by atoms with E-state index in [0.29, 0.717) is 37.1 Å². The highest BCUT2D eigenvalue weighted by Crippen LogP contribution is 2.39. The van der Waals surface area contributed by atoms with Gasteiger partial charge in [0.15, 0.2) is 11.5 Å². The number of amidine groups is 1. The smallest absolute Gasteiger partial charge is 0.274 e. The monoisotopic (exact) mass is 397 g/mol. The van der Waals surface area contributed by atoms with Crippen LogP contribution in [0.15, 0.2) is 22.8 Å². The molecule has 6 N–H and O–H groups in total. The van der Waals surface area contributed by atoms with Crippen LogP contribution in [-0.2, 0) is 10.2 Å². The van der Waals surface area contributed by atoms with Gasteiger partial charge >= 0.3 is 0 Å². The SMILES string of the molecule is Cc1cc(NC(=N)c2nonc2NCCC2(NS(N)(=O)=O)CC2)ccc1F. The molecule has 1 aromatic carbocycles. The van der Waals surface area contributed by atoms with E-state index in [1.807, 2.05) is 0 Å². The summed E-state index contributed by atoms with van der Waals surface area (Å²) in [6, 6.07) is 4.38. The van der Waals surface area contributed by atoms with E-state index in [1.165, 1.54) is 12.1 Å². The van der Waals surface area contributed by atoms with Gasteiger partial charge in [-0.1, -0.05) is 0 Å². The van der Waals surface area contributed by atoms with Crippen LogP contribution in [0.2, 0.25) is 0 Å². The first-order valence-electron chi connectivity index (χ1n) is 8.18. The predicted octanol–water partition coefficient (Wildman–Crippen LogP) is 1.08. The Balaban J connectivity index is 1.59. The minimum atomic E-state index is -3.76. The van der Waals surface area contributed by atoms with E-state index < -0.39 is 15.7 Å². The summed E-state index contributed by atoms with van der Waals surface area (Å²) in [5, 5.41) is 26.4. The molecule has 2 aromatic rings. The van der Waals surface area contributed by atoms with E-state index in [9.17, 15) is 12.8 Å². The number of hydrogen-bond donors (Lipinski definition) is 5. The Morgan fingerprint density at radius 2 is 2.15 bits per heavy atom. The second-order valence-electron chi connectivity index (χ2n) is 6.53. The van der Waals surface area contributed by atoms with Crippen molar-refractivity contribution < 1.29 is 17.4 Å². The third-order valence-electron chi connectivity index (χ3n) is 4.26. The van der Waals surface area contributed by atoms with Crippen molar-refractivity contribution >= 4 is 27.6 Å². The Hall–Kier alpha value is -2.57. The maximum absolute atomic E-state index is 13.3. The number of halogens is 1. The lowest BCUT2D eigenvalue weighted by Crippen LogP contribution is -2.42. The predicted molar refractivity (Wildman–Crippen MR) is 97.2 cm³/mol. The molecule has 10 nitrogen and oxygen atoms in total. The quantitative estimate of drug-likeness (QED) is 0.329. The molecule has 27 heavy (non-hydrogen) atoms. The topological polar surface area (TPSA) is 159 Å². The summed E-state index contributed by atoms with van der Waals surface area (Å²) in [6.07, 6.45) is 1.90. The lowest BCUT2D eigenvalue weighted by Gasteiger charge is -2.15. The lowest BCUT2D eigenvalue weighted by molar-refractivity contribution is 0.307. The zero-order valence-electron chi connectivity index (χ0n) is 14.5. The van der Waals surface area contributed by atoms with Gasteiger partial charge in [0.2, 0.25) is 5.82 Å². The van der Waals surface area contributed by atoms with Crippen LogP contribution in [0.5, 0.6) is 0 Å². The normalized spacial score (nSPS) is 15.4. The number of hydrogen-bond acceptors (Lipinski definition) is 7. The van der Waals surface area contributed by atoms with Gasteiger partial charge in [0.05, 0.1) is 0 Å². The fraction of sp³-hybridized carbons (Fsp3) is 0.400. The lowest BCUT2D eigenvalue weighted by atomic mass is 10.2. The molecule has 0 bridgehead atoms. The molecule has 0 unspecified atom stereocenters. The average Bonchev–Trinajstić information content (AvgIpc) is 3.14. The highest BCUT2D eigenvalue weighted by atomic mass is 32.2. The first kappa shape index (κ1) is 19.2. The molecule has 3 rings (SSSR count). The van der Waals surface area contributed by atoms with E-state index in [-0.39, 0.29) is 23.2 Å². The summed E-state index contributed by atoms with van der Waals surface area (Å²) >= 11 is 0. The van der Waals surface area contributed by atoms with Crippen molar-refractivity contribution in [3.8, 4) is 0 Å². The molecule has 1 fully saturated rings. The fourth-order valence-electron chi connectivity index (χ4n) is 2.67. The van der Waals surface area contributed by atoms with E-state index in [1.54, 1.807) is 13.0 Å². The van der Waals surface area contributed by atoms with Gasteiger partial charge in [0.1, 0.15) is 5.82 Å². The Labute approximate surface area is 155 Å². The zero-order valence-corrected chi connectivity index (χ0v) is 15.4. The second kappa shape index (κ2) is 7.21. The summed E-state index contributed by atoms with van der Waals surface area (Å²) in [5.41, 5.74) is 0.597. The Kier molecular flexibility index (Phi) is 5.13. The van der Waals surface area contributed by atoms with Crippen molar-refractivity contribution in [1.29, 1.82) is 5.41 Å². The highest BCUT2D eigenvalue weighted by Gasteiger charge is 2.44. The van der Waals surface area contributed by atoms with Crippen LogP contribution in [0.25, 0.3) is 0 Å². The van der Waals surface area contributed by atoms with Crippen molar-refractivity contribution in [1.82, 2.24) is 15.0 Å². The molecule has 0 aliphatic heterocycles. The zero-order chi connectivity index (χ0) is 19.7. The molecule has 12 heteroatoms. The van der Waals surface area contributed by atoms with Crippen molar-refractivity contribution in [3.63, 3.8) is 0 Å². The van der Waals surface area contributed by atoms with Gasteiger partial charge in [0, 0.05) is 17.8 Å². The number of nitrogens with zero attached hydrogens (tertiary/aromatic N) is 2. The van der Waals surface area contributed by atoms with Crippen LogP contribution in [0.4, 0.5) is 15.9 Å². The van der Waals surface area contributed by atoms with E-state index in [0.717, 1.165) is 0 Å². The van der Waals surface area contributed by atoms with Crippen molar-refractivity contribution in [2.24, 2.45) is 5.14 Å². The van der Waals surface area contributed by atoms with Gasteiger partial charge in [-0.2, -0.15) is 13.1 Å². The third-order valence-corrected chi connectivity index (χ3v) is 4.98. The van der Waals surface area contributed by atoms with Gasteiger partial charge in [-0.3, -0.25) is 5.41 Å². The molecule has 0 spiro atoms. The fourth-order valence-corrected chi connectivity index (χ4v) is 3.58. The minimum absolute atomic E-state index is 0.0754. The van der Waals surface area contributed by atoms with Gasteiger partial charge in [-0.05, 0) is 60.3 Å². The number of aryl methyl sites for hydroxylation is 1. The van der Waals surface area contributed by atoms with Crippen molar-refractivity contribution in [3.05, 3.63) is 35.3 Å². The molecule has 0 amide bonds. The number of nitrogens with one attached hydrogen (secondary N) is 4. The molecule has 1 saturated carbocycles. The first-order valence-corrected chi connectivity index (χ1v) is 9.72. The molecular formula is C15H20FN7O3S. The van der Waals surface area contributed by atoms with Crippen LogP contribution in [0.3, 0.4) is 0 Å². The largest absolute Gasteiger partial charge is 0.365 e. The Morgan fingerprint density at radius 1 is 1.41 bits per heavy atom. The average molecular weight is 397 g/mol. The van der Waals surface area contributed by atoms with Crippen LogP contribution in [-0.4, -0.2) is 36.7 Å². The summed E-state index contributed by atoms with van der Waals surface area (Å²) in [5.74, 6) is -0.161. The molecule has 1 aliphatic rings. The summed E-state index contributed by atoms with van der Waals surface area (Å²) < 4.78 is 42.8.